The van der Waals surface area contributed by atoms with Gasteiger partial charge in [0, 0.05) is 9.89 Å². The van der Waals surface area contributed by atoms with E-state index in [1.165, 1.54) is 0 Å². The summed E-state index contributed by atoms with van der Waals surface area (Å²) in [4.78, 5) is 12.4. The van der Waals surface area contributed by atoms with Gasteiger partial charge >= 0.3 is 5.97 Å². The van der Waals surface area contributed by atoms with Crippen LogP contribution in [0.4, 0.5) is 0 Å². The number of hydrogen-bond donors (Lipinski definition) is 1. The fraction of sp³-hybridized carbons (Fsp3) is 0.200. The molecule has 0 aliphatic heterocycles. The summed E-state index contributed by atoms with van der Waals surface area (Å²) in [5, 5.41) is 20.1. The SMILES string of the molecule is N#CC(c1cccc(Oc2ccccc2)c1)C(C(=O)O)C1(c2ccc(Br)cc2)CC1. The number of rotatable bonds is 7. The number of para-hydroxylation sites is 1. The molecule has 1 fully saturated rings. The molecule has 0 bridgehead atoms. The molecule has 0 aromatic heterocycles. The van der Waals surface area contributed by atoms with Crippen molar-refractivity contribution in [2.24, 2.45) is 5.92 Å². The minimum Gasteiger partial charge on any atom is -0.481 e. The Morgan fingerprint density at radius 1 is 1.00 bits per heavy atom. The molecule has 3 aromatic carbocycles. The van der Waals surface area contributed by atoms with E-state index in [0.29, 0.717) is 17.1 Å². The fourth-order valence-corrected chi connectivity index (χ4v) is 4.40. The second-order valence-corrected chi connectivity index (χ2v) is 8.49. The molecule has 1 aliphatic rings. The lowest BCUT2D eigenvalue weighted by Crippen LogP contribution is -2.33. The molecule has 0 amide bonds. The summed E-state index contributed by atoms with van der Waals surface area (Å²) in [6.07, 6.45) is 1.51. The van der Waals surface area contributed by atoms with E-state index in [2.05, 4.69) is 22.0 Å². The van der Waals surface area contributed by atoms with Crippen LogP contribution in [0.15, 0.2) is 83.3 Å². The van der Waals surface area contributed by atoms with Gasteiger partial charge in [-0.05, 0) is 60.4 Å². The van der Waals surface area contributed by atoms with Crippen LogP contribution < -0.4 is 4.74 Å². The molecule has 0 radical (unpaired) electrons. The first-order valence-corrected chi connectivity index (χ1v) is 10.5. The van der Waals surface area contributed by atoms with E-state index in [-0.39, 0.29) is 0 Å². The maximum absolute atomic E-state index is 12.4. The maximum atomic E-state index is 12.4. The Morgan fingerprint density at radius 2 is 1.67 bits per heavy atom. The van der Waals surface area contributed by atoms with E-state index < -0.39 is 23.2 Å². The number of ether oxygens (including phenoxy) is 1. The lowest BCUT2D eigenvalue weighted by atomic mass is 9.73. The standard InChI is InChI=1S/C25H20BrNO3/c26-19-11-9-18(10-12-19)25(13-14-25)23(24(28)29)22(16-27)17-5-4-8-21(15-17)30-20-6-2-1-3-7-20/h1-12,15,22-23H,13-14H2,(H,28,29). The number of carboxylic acid groups (broad SMARTS) is 1. The second-order valence-electron chi connectivity index (χ2n) is 7.57. The first-order valence-electron chi connectivity index (χ1n) is 9.75. The summed E-state index contributed by atoms with van der Waals surface area (Å²) < 4.78 is 6.83. The summed E-state index contributed by atoms with van der Waals surface area (Å²) in [5.74, 6) is -1.30. The van der Waals surface area contributed by atoms with Gasteiger partial charge in [-0.15, -0.1) is 0 Å². The molecule has 30 heavy (non-hydrogen) atoms. The Kier molecular flexibility index (Phi) is 5.61. The number of benzene rings is 3. The van der Waals surface area contributed by atoms with E-state index in [0.717, 1.165) is 22.9 Å². The molecule has 1 N–H and O–H groups in total. The molecule has 0 spiro atoms. The minimum atomic E-state index is -0.948. The van der Waals surface area contributed by atoms with Crippen molar-refractivity contribution >= 4 is 21.9 Å². The van der Waals surface area contributed by atoms with Gasteiger partial charge in [-0.25, -0.2) is 0 Å². The molecule has 4 rings (SSSR count). The van der Waals surface area contributed by atoms with Crippen molar-refractivity contribution in [3.63, 3.8) is 0 Å². The first-order chi connectivity index (χ1) is 14.5. The lowest BCUT2D eigenvalue weighted by molar-refractivity contribution is -0.143. The van der Waals surface area contributed by atoms with Crippen molar-refractivity contribution < 1.29 is 14.6 Å². The van der Waals surface area contributed by atoms with Crippen molar-refractivity contribution in [1.82, 2.24) is 0 Å². The number of nitriles is 1. The van der Waals surface area contributed by atoms with Crippen LogP contribution in [-0.2, 0) is 10.2 Å². The summed E-state index contributed by atoms with van der Waals surface area (Å²) in [7, 11) is 0. The molecule has 2 atom stereocenters. The van der Waals surface area contributed by atoms with Crippen LogP contribution in [0.3, 0.4) is 0 Å². The Hall–Kier alpha value is -3.10. The average Bonchev–Trinajstić information content (AvgIpc) is 3.54. The van der Waals surface area contributed by atoms with Gasteiger partial charge in [0.2, 0.25) is 0 Å². The minimum absolute atomic E-state index is 0.525. The summed E-state index contributed by atoms with van der Waals surface area (Å²) in [5.41, 5.74) is 1.10. The van der Waals surface area contributed by atoms with Crippen molar-refractivity contribution in [2.45, 2.75) is 24.2 Å². The molecule has 1 aliphatic carbocycles. The Bertz CT molecular complexity index is 1090. The highest BCUT2D eigenvalue weighted by molar-refractivity contribution is 9.10. The van der Waals surface area contributed by atoms with Crippen LogP contribution in [-0.4, -0.2) is 11.1 Å². The zero-order valence-corrected chi connectivity index (χ0v) is 17.7. The predicted molar refractivity (Wildman–Crippen MR) is 117 cm³/mol. The maximum Gasteiger partial charge on any atom is 0.309 e. The third-order valence-corrected chi connectivity index (χ3v) is 6.27. The van der Waals surface area contributed by atoms with Crippen LogP contribution in [0, 0.1) is 17.2 Å². The van der Waals surface area contributed by atoms with E-state index >= 15 is 0 Å². The van der Waals surface area contributed by atoms with Crippen molar-refractivity contribution in [2.75, 3.05) is 0 Å². The highest BCUT2D eigenvalue weighted by Gasteiger charge is 2.57. The Balaban J connectivity index is 1.68. The smallest absolute Gasteiger partial charge is 0.309 e. The summed E-state index contributed by atoms with van der Waals surface area (Å²) >= 11 is 3.43. The number of nitrogens with zero attached hydrogens (tertiary/aromatic N) is 1. The quantitative estimate of drug-likeness (QED) is 0.449. The topological polar surface area (TPSA) is 70.3 Å². The number of carboxylic acids is 1. The third-order valence-electron chi connectivity index (χ3n) is 5.74. The fourth-order valence-electron chi connectivity index (χ4n) is 4.13. The normalized spacial score (nSPS) is 16.1. The van der Waals surface area contributed by atoms with Crippen LogP contribution in [0.5, 0.6) is 11.5 Å². The molecule has 0 saturated heterocycles. The van der Waals surface area contributed by atoms with Crippen LogP contribution in [0.1, 0.15) is 29.9 Å². The first kappa shape index (κ1) is 20.2. The zero-order valence-electron chi connectivity index (χ0n) is 16.2. The molecule has 1 saturated carbocycles. The third kappa shape index (κ3) is 3.96. The van der Waals surface area contributed by atoms with Gasteiger partial charge < -0.3 is 9.84 Å². The van der Waals surface area contributed by atoms with Gasteiger partial charge in [0.05, 0.1) is 17.9 Å². The van der Waals surface area contributed by atoms with E-state index in [1.807, 2.05) is 60.7 Å². The second kappa shape index (κ2) is 8.33. The number of aliphatic carboxylic acids is 1. The van der Waals surface area contributed by atoms with E-state index in [9.17, 15) is 15.2 Å². The van der Waals surface area contributed by atoms with Crippen LogP contribution in [0.2, 0.25) is 0 Å². The monoisotopic (exact) mass is 461 g/mol. The highest BCUT2D eigenvalue weighted by atomic mass is 79.9. The van der Waals surface area contributed by atoms with E-state index in [4.69, 9.17) is 4.74 Å². The zero-order chi connectivity index (χ0) is 21.1. The highest BCUT2D eigenvalue weighted by Crippen LogP contribution is 2.58. The largest absolute Gasteiger partial charge is 0.481 e. The molecule has 150 valence electrons. The Labute approximate surface area is 183 Å². The van der Waals surface area contributed by atoms with Gasteiger partial charge in [0.25, 0.3) is 0 Å². The molecule has 3 aromatic rings. The Morgan fingerprint density at radius 3 is 2.27 bits per heavy atom. The molecule has 0 heterocycles. The predicted octanol–water partition coefficient (Wildman–Crippen LogP) is 6.28. The van der Waals surface area contributed by atoms with Gasteiger partial charge in [-0.1, -0.05) is 58.4 Å². The van der Waals surface area contributed by atoms with Crippen LogP contribution >= 0.6 is 15.9 Å². The number of carbonyl (C=O) groups is 1. The lowest BCUT2D eigenvalue weighted by Gasteiger charge is -2.28. The van der Waals surface area contributed by atoms with Crippen molar-refractivity contribution in [3.05, 3.63) is 94.5 Å². The van der Waals surface area contributed by atoms with E-state index in [1.54, 1.807) is 18.2 Å². The molecular formula is C25H20BrNO3. The van der Waals surface area contributed by atoms with Crippen molar-refractivity contribution in [1.29, 1.82) is 5.26 Å². The average molecular weight is 462 g/mol. The van der Waals surface area contributed by atoms with Gasteiger partial charge in [0.15, 0.2) is 0 Å². The summed E-state index contributed by atoms with van der Waals surface area (Å²) in [6.45, 7) is 0. The molecule has 5 heteroatoms. The van der Waals surface area contributed by atoms with Gasteiger partial charge in [0.1, 0.15) is 11.5 Å². The van der Waals surface area contributed by atoms with Crippen molar-refractivity contribution in [3.8, 4) is 17.6 Å². The molecule has 2 unspecified atom stereocenters. The van der Waals surface area contributed by atoms with Gasteiger partial charge in [-0.3, -0.25) is 4.79 Å². The molecular weight excluding hydrogens is 442 g/mol. The summed E-state index contributed by atoms with van der Waals surface area (Å²) in [6, 6.07) is 26.6. The molecule has 4 nitrogen and oxygen atoms in total. The number of hydrogen-bond acceptors (Lipinski definition) is 3. The van der Waals surface area contributed by atoms with Crippen LogP contribution in [0.25, 0.3) is 0 Å². The van der Waals surface area contributed by atoms with Gasteiger partial charge in [-0.2, -0.15) is 5.26 Å². The number of halogens is 1.